The molecule has 1 aliphatic heterocycles. The summed E-state index contributed by atoms with van der Waals surface area (Å²) in [5, 5.41) is 24.7. The maximum absolute atomic E-state index is 14.5. The highest BCUT2D eigenvalue weighted by atomic mass is 32.1. The van der Waals surface area contributed by atoms with Gasteiger partial charge in [0.05, 0.1) is 56.3 Å². The molecule has 3 aromatic carbocycles. The lowest BCUT2D eigenvalue weighted by Gasteiger charge is -2.36. The Bertz CT molecular complexity index is 2910. The third kappa shape index (κ3) is 15.7. The first-order chi connectivity index (χ1) is 37.6. The van der Waals surface area contributed by atoms with Crippen LogP contribution >= 0.6 is 11.3 Å². The lowest BCUT2D eigenvalue weighted by atomic mass is 9.83. The first kappa shape index (κ1) is 58.8. The summed E-state index contributed by atoms with van der Waals surface area (Å²) in [6.45, 7) is 15.2. The molecule has 0 radical (unpaired) electrons. The molecule has 1 N–H and O–H groups in total. The first-order valence-corrected chi connectivity index (χ1v) is 28.2. The number of thiazole rings is 1. The summed E-state index contributed by atoms with van der Waals surface area (Å²) >= 11 is 1.36. The average Bonchev–Trinajstić information content (AvgIpc) is 4.20. The monoisotopic (exact) mass is 1080 g/mol. The second kappa shape index (κ2) is 28.1. The summed E-state index contributed by atoms with van der Waals surface area (Å²) in [6, 6.07) is 25.6. The van der Waals surface area contributed by atoms with E-state index < -0.39 is 29.7 Å². The van der Waals surface area contributed by atoms with Gasteiger partial charge in [0.15, 0.2) is 0 Å². The van der Waals surface area contributed by atoms with Gasteiger partial charge in [-0.05, 0) is 127 Å². The zero-order chi connectivity index (χ0) is 55.8. The lowest BCUT2D eigenvalue weighted by molar-refractivity contribution is -0.140. The molecule has 1 aliphatic carbocycles. The Labute approximate surface area is 463 Å². The highest BCUT2D eigenvalue weighted by molar-refractivity contribution is 7.10. The Morgan fingerprint density at radius 1 is 0.821 bits per heavy atom. The van der Waals surface area contributed by atoms with Crippen LogP contribution in [0, 0.1) is 42.4 Å². The number of benzene rings is 3. The Hall–Kier alpha value is -6.89. The molecule has 17 heteroatoms. The Kier molecular flexibility index (Phi) is 21.2. The molecule has 1 saturated heterocycles. The number of amides is 3. The molecule has 0 spiro atoms. The molecule has 2 aliphatic rings. The molecule has 78 heavy (non-hydrogen) atoms. The minimum atomic E-state index is -0.860. The van der Waals surface area contributed by atoms with E-state index in [1.165, 1.54) is 28.8 Å². The number of nitrogens with zero attached hydrogens (tertiary/aromatic N) is 6. The summed E-state index contributed by atoms with van der Waals surface area (Å²) in [4.78, 5) is 62.6. The SMILES string of the molecule is Cc1c(C#N)c(-c2ccc(C#N)cc2)c(C)n1Cc1ccc(CCCOCCOCCOCCOc2cccc(C(=O)c3csc([C@@H]4CCCN4C(=O)[C@@H](NC(=O)[C@H](C)N(C)C(=O)OC(C)(C)C)C4CCCCC4)n3)c2)cc1. The largest absolute Gasteiger partial charge is 0.491 e. The molecular formula is C61H75N7O9S. The number of likely N-dealkylation sites (N-methyl/N-ethyl adjacent to an activating group) is 1. The standard InChI is InChI=1S/C61H75N7O9S/c1-41-51(38-63)54(47-26-24-45(37-62)25-27-47)42(2)68(41)39-46-22-20-44(21-23-46)14-13-29-73-30-31-74-32-33-75-34-35-76-50-18-11-17-49(36-50)56(69)52-40-78-58(64-52)53-19-12-28-67(53)59(71)55(48-15-9-8-10-16-48)65-57(70)43(3)66(7)60(72)77-61(4,5)6/h11,17-18,20-27,36,40,43,48,53,55H,8-10,12-16,19,28-35,39H2,1-7H3,(H,65,70)/t43-,53-,55-/m0/s1. The van der Waals surface area contributed by atoms with E-state index >= 15 is 0 Å². The highest BCUT2D eigenvalue weighted by Gasteiger charge is 2.41. The number of aryl methyl sites for hydroxylation is 1. The number of nitriles is 2. The van der Waals surface area contributed by atoms with Gasteiger partial charge in [-0.25, -0.2) is 9.78 Å². The van der Waals surface area contributed by atoms with E-state index in [0.29, 0.717) is 92.3 Å². The van der Waals surface area contributed by atoms with Crippen LogP contribution in [0.25, 0.3) is 11.1 Å². The molecule has 1 saturated carbocycles. The van der Waals surface area contributed by atoms with E-state index in [0.717, 1.165) is 79.4 Å². The van der Waals surface area contributed by atoms with E-state index in [2.05, 4.69) is 46.3 Å². The van der Waals surface area contributed by atoms with Crippen molar-refractivity contribution in [3.63, 3.8) is 0 Å². The first-order valence-electron chi connectivity index (χ1n) is 27.3. The number of carbonyl (C=O) groups is 4. The minimum Gasteiger partial charge on any atom is -0.491 e. The van der Waals surface area contributed by atoms with Crippen LogP contribution in [0.2, 0.25) is 0 Å². The summed E-state index contributed by atoms with van der Waals surface area (Å²) in [5.74, 6) is -0.322. The normalized spacial score (nSPS) is 15.5. The third-order valence-corrected chi connectivity index (χ3v) is 15.5. The van der Waals surface area contributed by atoms with Gasteiger partial charge in [0.2, 0.25) is 17.6 Å². The van der Waals surface area contributed by atoms with Gasteiger partial charge in [-0.2, -0.15) is 10.5 Å². The second-order valence-electron chi connectivity index (χ2n) is 21.2. The second-order valence-corrected chi connectivity index (χ2v) is 22.1. The maximum Gasteiger partial charge on any atom is 0.410 e. The number of likely N-dealkylation sites (tertiary alicyclic amines) is 1. The third-order valence-electron chi connectivity index (χ3n) is 14.6. The predicted octanol–water partition coefficient (Wildman–Crippen LogP) is 10.3. The van der Waals surface area contributed by atoms with Crippen LogP contribution in [0.4, 0.5) is 4.79 Å². The lowest BCUT2D eigenvalue weighted by Crippen LogP contribution is -2.56. The topological polar surface area (TPSA) is 198 Å². The van der Waals surface area contributed by atoms with E-state index in [1.54, 1.807) is 69.5 Å². The highest BCUT2D eigenvalue weighted by Crippen LogP contribution is 2.37. The quantitative estimate of drug-likeness (QED) is 0.0429. The van der Waals surface area contributed by atoms with E-state index in [1.807, 2.05) is 30.9 Å². The molecule has 7 rings (SSSR count). The van der Waals surface area contributed by atoms with Gasteiger partial charge in [0, 0.05) is 54.6 Å². The van der Waals surface area contributed by atoms with Crippen LogP contribution < -0.4 is 10.1 Å². The van der Waals surface area contributed by atoms with Crippen molar-refractivity contribution in [1.29, 1.82) is 10.5 Å². The molecule has 3 amide bonds. The van der Waals surface area contributed by atoms with Gasteiger partial charge < -0.3 is 38.5 Å². The number of hydrogen-bond acceptors (Lipinski definition) is 13. The molecule has 5 aromatic rings. The van der Waals surface area contributed by atoms with Gasteiger partial charge in [0.1, 0.15) is 46.8 Å². The molecule has 16 nitrogen and oxygen atoms in total. The molecule has 2 aromatic heterocycles. The minimum absolute atomic E-state index is 0.0326. The fraction of sp³-hybridized carbons (Fsp3) is 0.492. The van der Waals surface area contributed by atoms with E-state index in [4.69, 9.17) is 28.7 Å². The molecule has 414 valence electrons. The molecule has 2 fully saturated rings. The maximum atomic E-state index is 14.5. The molecular weight excluding hydrogens is 1010 g/mol. The van der Waals surface area contributed by atoms with Crippen molar-refractivity contribution in [2.24, 2.45) is 5.92 Å². The van der Waals surface area contributed by atoms with Crippen LogP contribution in [0.3, 0.4) is 0 Å². The van der Waals surface area contributed by atoms with Crippen molar-refractivity contribution in [3.05, 3.63) is 128 Å². The fourth-order valence-corrected chi connectivity index (χ4v) is 11.1. The number of ether oxygens (including phenoxy) is 5. The number of carbonyl (C=O) groups excluding carboxylic acids is 4. The van der Waals surface area contributed by atoms with Crippen molar-refractivity contribution in [3.8, 4) is 29.0 Å². The number of nitrogens with one attached hydrogen (secondary N) is 1. The van der Waals surface area contributed by atoms with Crippen molar-refractivity contribution in [2.75, 3.05) is 59.8 Å². The smallest absolute Gasteiger partial charge is 0.410 e. The van der Waals surface area contributed by atoms with E-state index in [-0.39, 0.29) is 30.3 Å². The average molecular weight is 1080 g/mol. The number of rotatable bonds is 25. The summed E-state index contributed by atoms with van der Waals surface area (Å²) in [5.41, 5.74) is 7.42. The Morgan fingerprint density at radius 3 is 2.15 bits per heavy atom. The fourth-order valence-electron chi connectivity index (χ4n) is 10.1. The number of ketones is 1. The predicted molar refractivity (Wildman–Crippen MR) is 298 cm³/mol. The van der Waals surface area contributed by atoms with Crippen LogP contribution in [-0.2, 0) is 41.5 Å². The van der Waals surface area contributed by atoms with Crippen molar-refractivity contribution in [2.45, 2.75) is 130 Å². The molecule has 0 unspecified atom stereocenters. The molecule has 3 heterocycles. The van der Waals surface area contributed by atoms with Crippen LogP contribution in [0.1, 0.15) is 140 Å². The summed E-state index contributed by atoms with van der Waals surface area (Å²) in [6.07, 6.45) is 7.31. The van der Waals surface area contributed by atoms with Gasteiger partial charge in [-0.1, -0.05) is 67.8 Å². The van der Waals surface area contributed by atoms with Crippen LogP contribution in [0.15, 0.2) is 78.2 Å². The summed E-state index contributed by atoms with van der Waals surface area (Å²) in [7, 11) is 1.52. The zero-order valence-electron chi connectivity index (χ0n) is 46.3. The van der Waals surface area contributed by atoms with Crippen molar-refractivity contribution >= 4 is 35.0 Å². The van der Waals surface area contributed by atoms with Gasteiger partial charge in [0.25, 0.3) is 0 Å². The molecule has 3 atom stereocenters. The van der Waals surface area contributed by atoms with E-state index in [9.17, 15) is 29.7 Å². The van der Waals surface area contributed by atoms with Gasteiger partial charge in [-0.3, -0.25) is 19.3 Å². The summed E-state index contributed by atoms with van der Waals surface area (Å²) < 4.78 is 30.8. The van der Waals surface area contributed by atoms with Crippen molar-refractivity contribution < 1.29 is 42.9 Å². The number of hydrogen-bond donors (Lipinski definition) is 1. The molecule has 0 bridgehead atoms. The Balaban J connectivity index is 0.779. The van der Waals surface area contributed by atoms with Crippen LogP contribution in [-0.4, -0.2) is 121 Å². The Morgan fingerprint density at radius 2 is 1.49 bits per heavy atom. The van der Waals surface area contributed by atoms with Crippen LogP contribution in [0.5, 0.6) is 5.75 Å². The van der Waals surface area contributed by atoms with Crippen molar-refractivity contribution in [1.82, 2.24) is 24.7 Å². The van der Waals surface area contributed by atoms with Gasteiger partial charge >= 0.3 is 6.09 Å². The van der Waals surface area contributed by atoms with Gasteiger partial charge in [-0.15, -0.1) is 11.3 Å². The zero-order valence-corrected chi connectivity index (χ0v) is 47.1. The number of aromatic nitrogens is 2.